The first-order valence-corrected chi connectivity index (χ1v) is 4.39. The van der Waals surface area contributed by atoms with E-state index in [4.69, 9.17) is 0 Å². The minimum Gasteiger partial charge on any atom is -0.258 e. The molecule has 0 fully saturated rings. The Kier molecular flexibility index (Phi) is 3.21. The van der Waals surface area contributed by atoms with E-state index in [2.05, 4.69) is 0 Å². The van der Waals surface area contributed by atoms with Crippen LogP contribution in [0.25, 0.3) is 0 Å². The van der Waals surface area contributed by atoms with Gasteiger partial charge >= 0.3 is 6.18 Å². The van der Waals surface area contributed by atoms with Crippen molar-refractivity contribution in [1.29, 1.82) is 0 Å². The van der Waals surface area contributed by atoms with E-state index >= 15 is 0 Å². The van der Waals surface area contributed by atoms with E-state index in [0.717, 1.165) is 12.1 Å². The number of nitro benzene ring substituents is 1. The van der Waals surface area contributed by atoms with Gasteiger partial charge in [0, 0.05) is 17.5 Å². The molecule has 0 saturated carbocycles. The van der Waals surface area contributed by atoms with Gasteiger partial charge in [0.15, 0.2) is 0 Å². The summed E-state index contributed by atoms with van der Waals surface area (Å²) in [6.07, 6.45) is -4.49. The highest BCUT2D eigenvalue weighted by molar-refractivity contribution is 5.50. The molecule has 3 nitrogen and oxygen atoms in total. The molecule has 0 unspecified atom stereocenters. The quantitative estimate of drug-likeness (QED) is 0.577. The Hall–Kier alpha value is -1.59. The number of alkyl halides is 3. The second kappa shape index (κ2) is 4.11. The SMILES string of the molecule is C[C](C)c1cc(C(F)(F)F)ccc1[N+](=O)[O-]. The molecule has 0 aliphatic carbocycles. The number of nitro groups is 1. The van der Waals surface area contributed by atoms with E-state index in [1.54, 1.807) is 0 Å². The van der Waals surface area contributed by atoms with E-state index in [-0.39, 0.29) is 11.3 Å². The Bertz CT molecular complexity index is 413. The van der Waals surface area contributed by atoms with Gasteiger partial charge in [-0.15, -0.1) is 0 Å². The topological polar surface area (TPSA) is 43.1 Å². The third-order valence-electron chi connectivity index (χ3n) is 2.06. The molecular formula is C10H9F3NO2. The minimum absolute atomic E-state index is 0.0137. The molecule has 1 rings (SSSR count). The van der Waals surface area contributed by atoms with Gasteiger partial charge in [0.05, 0.1) is 10.5 Å². The molecule has 1 radical (unpaired) electrons. The van der Waals surface area contributed by atoms with Gasteiger partial charge < -0.3 is 0 Å². The van der Waals surface area contributed by atoms with Gasteiger partial charge in [-0.2, -0.15) is 13.2 Å². The van der Waals surface area contributed by atoms with Crippen LogP contribution in [-0.4, -0.2) is 4.92 Å². The molecule has 0 bridgehead atoms. The van der Waals surface area contributed by atoms with Crippen molar-refractivity contribution in [3.8, 4) is 0 Å². The summed E-state index contributed by atoms with van der Waals surface area (Å²) in [4.78, 5) is 9.91. The molecular weight excluding hydrogens is 223 g/mol. The maximum Gasteiger partial charge on any atom is 0.416 e. The molecule has 0 aliphatic heterocycles. The summed E-state index contributed by atoms with van der Waals surface area (Å²) in [6.45, 7) is 3.06. The highest BCUT2D eigenvalue weighted by atomic mass is 19.4. The Morgan fingerprint density at radius 2 is 1.88 bits per heavy atom. The van der Waals surface area contributed by atoms with Gasteiger partial charge in [-0.3, -0.25) is 10.1 Å². The lowest BCUT2D eigenvalue weighted by Gasteiger charge is -2.10. The Morgan fingerprint density at radius 1 is 1.31 bits per heavy atom. The van der Waals surface area contributed by atoms with Crippen molar-refractivity contribution in [2.75, 3.05) is 0 Å². The van der Waals surface area contributed by atoms with Crippen LogP contribution in [0.15, 0.2) is 18.2 Å². The molecule has 87 valence electrons. The van der Waals surface area contributed by atoms with Crippen molar-refractivity contribution < 1.29 is 18.1 Å². The van der Waals surface area contributed by atoms with Crippen LogP contribution in [-0.2, 0) is 6.18 Å². The average molecular weight is 232 g/mol. The standard InChI is InChI=1S/C10H9F3NO2/c1-6(2)8-5-7(10(11,12)13)3-4-9(8)14(15)16/h3-5H,1-2H3. The Balaban J connectivity index is 3.34. The van der Waals surface area contributed by atoms with Gasteiger partial charge in [0.2, 0.25) is 0 Å². The van der Waals surface area contributed by atoms with E-state index < -0.39 is 16.7 Å². The van der Waals surface area contributed by atoms with E-state index in [9.17, 15) is 23.3 Å². The summed E-state index contributed by atoms with van der Waals surface area (Å²) in [7, 11) is 0. The first-order valence-electron chi connectivity index (χ1n) is 4.39. The zero-order valence-electron chi connectivity index (χ0n) is 8.63. The van der Waals surface area contributed by atoms with E-state index in [1.165, 1.54) is 13.8 Å². The number of hydrogen-bond acceptors (Lipinski definition) is 2. The summed E-state index contributed by atoms with van der Waals surface area (Å²) in [5.41, 5.74) is -1.18. The van der Waals surface area contributed by atoms with Gasteiger partial charge in [0.25, 0.3) is 5.69 Å². The average Bonchev–Trinajstić information content (AvgIpc) is 2.15. The first-order chi connectivity index (χ1) is 7.23. The summed E-state index contributed by atoms with van der Waals surface area (Å²) >= 11 is 0. The van der Waals surface area contributed by atoms with Crippen LogP contribution in [0.1, 0.15) is 25.0 Å². The fourth-order valence-electron chi connectivity index (χ4n) is 1.27. The highest BCUT2D eigenvalue weighted by Crippen LogP contribution is 2.34. The summed E-state index contributed by atoms with van der Waals surface area (Å²) in [5, 5.41) is 10.6. The number of benzene rings is 1. The lowest BCUT2D eigenvalue weighted by molar-refractivity contribution is -0.385. The normalized spacial score (nSPS) is 11.9. The molecule has 6 heteroatoms. The number of hydrogen-bond donors (Lipinski definition) is 0. The van der Waals surface area contributed by atoms with Crippen LogP contribution < -0.4 is 0 Å². The van der Waals surface area contributed by atoms with Crippen molar-refractivity contribution >= 4 is 5.69 Å². The molecule has 0 heterocycles. The van der Waals surface area contributed by atoms with Crippen LogP contribution in [0.4, 0.5) is 18.9 Å². The predicted molar refractivity (Wildman–Crippen MR) is 51.8 cm³/mol. The molecule has 0 aliphatic rings. The fraction of sp³-hybridized carbons (Fsp3) is 0.300. The molecule has 0 saturated heterocycles. The third kappa shape index (κ3) is 2.50. The molecule has 1 aromatic rings. The summed E-state index contributed by atoms with van der Waals surface area (Å²) in [6, 6.07) is 2.39. The van der Waals surface area contributed by atoms with Gasteiger partial charge in [-0.05, 0) is 12.1 Å². The summed E-state index contributed by atoms with van der Waals surface area (Å²) in [5.74, 6) is 0.470. The molecule has 1 aromatic carbocycles. The lowest BCUT2D eigenvalue weighted by Crippen LogP contribution is -2.07. The van der Waals surface area contributed by atoms with E-state index in [1.807, 2.05) is 0 Å². The number of rotatable bonds is 2. The van der Waals surface area contributed by atoms with Crippen molar-refractivity contribution in [1.82, 2.24) is 0 Å². The molecule has 0 spiro atoms. The van der Waals surface area contributed by atoms with Crippen molar-refractivity contribution in [2.24, 2.45) is 0 Å². The zero-order chi connectivity index (χ0) is 12.5. The molecule has 0 aromatic heterocycles. The molecule has 0 atom stereocenters. The monoisotopic (exact) mass is 232 g/mol. The fourth-order valence-corrected chi connectivity index (χ4v) is 1.27. The Morgan fingerprint density at radius 3 is 2.25 bits per heavy atom. The maximum absolute atomic E-state index is 12.4. The largest absolute Gasteiger partial charge is 0.416 e. The number of halogens is 3. The number of nitrogens with zero attached hydrogens (tertiary/aromatic N) is 1. The van der Waals surface area contributed by atoms with E-state index in [0.29, 0.717) is 12.0 Å². The van der Waals surface area contributed by atoms with Crippen molar-refractivity contribution in [3.63, 3.8) is 0 Å². The smallest absolute Gasteiger partial charge is 0.258 e. The second-order valence-corrected chi connectivity index (χ2v) is 3.49. The van der Waals surface area contributed by atoms with Gasteiger partial charge in [0.1, 0.15) is 0 Å². The highest BCUT2D eigenvalue weighted by Gasteiger charge is 2.32. The van der Waals surface area contributed by atoms with Crippen LogP contribution in [0.2, 0.25) is 0 Å². The molecule has 0 amide bonds. The maximum atomic E-state index is 12.4. The Labute approximate surface area is 90.0 Å². The van der Waals surface area contributed by atoms with Crippen molar-refractivity contribution in [3.05, 3.63) is 45.4 Å². The van der Waals surface area contributed by atoms with Crippen LogP contribution in [0.3, 0.4) is 0 Å². The molecule has 16 heavy (non-hydrogen) atoms. The second-order valence-electron chi connectivity index (χ2n) is 3.49. The van der Waals surface area contributed by atoms with Crippen LogP contribution >= 0.6 is 0 Å². The van der Waals surface area contributed by atoms with Gasteiger partial charge in [-0.1, -0.05) is 13.8 Å². The van der Waals surface area contributed by atoms with Gasteiger partial charge in [-0.25, -0.2) is 0 Å². The predicted octanol–water partition coefficient (Wildman–Crippen LogP) is 3.58. The third-order valence-corrected chi connectivity index (χ3v) is 2.06. The minimum atomic E-state index is -4.49. The molecule has 0 N–H and O–H groups in total. The summed E-state index contributed by atoms with van der Waals surface area (Å²) < 4.78 is 37.2. The van der Waals surface area contributed by atoms with Crippen molar-refractivity contribution in [2.45, 2.75) is 20.0 Å². The van der Waals surface area contributed by atoms with Crippen LogP contribution in [0.5, 0.6) is 0 Å². The first kappa shape index (κ1) is 12.5. The zero-order valence-corrected chi connectivity index (χ0v) is 8.63. The lowest BCUT2D eigenvalue weighted by atomic mass is 9.98. The van der Waals surface area contributed by atoms with Crippen LogP contribution in [0, 0.1) is 16.0 Å².